The Bertz CT molecular complexity index is 734. The van der Waals surface area contributed by atoms with Crippen LogP contribution in [0.5, 0.6) is 0 Å². The van der Waals surface area contributed by atoms with Crippen molar-refractivity contribution in [2.45, 2.75) is 19.8 Å². The molecule has 0 amide bonds. The van der Waals surface area contributed by atoms with Gasteiger partial charge in [0.1, 0.15) is 0 Å². The highest BCUT2D eigenvalue weighted by Crippen LogP contribution is 2.24. The zero-order chi connectivity index (χ0) is 18.4. The van der Waals surface area contributed by atoms with E-state index in [1.165, 1.54) is 22.0 Å². The van der Waals surface area contributed by atoms with E-state index in [0.29, 0.717) is 5.92 Å². The summed E-state index contributed by atoms with van der Waals surface area (Å²) in [5, 5.41) is 8.03. The van der Waals surface area contributed by atoms with Crippen molar-refractivity contribution in [1.29, 1.82) is 0 Å². The molecular weight excluding hydrogens is 537 g/mol. The van der Waals surface area contributed by atoms with Crippen LogP contribution in [0.15, 0.2) is 39.9 Å². The lowest BCUT2D eigenvalue weighted by Gasteiger charge is -2.19. The van der Waals surface area contributed by atoms with E-state index in [0.717, 1.165) is 43.0 Å². The Labute approximate surface area is 191 Å². The number of hydrogen-bond donors (Lipinski definition) is 2. The number of aryl methyl sites for hydroxylation is 1. The highest BCUT2D eigenvalue weighted by atomic mass is 127. The van der Waals surface area contributed by atoms with Gasteiger partial charge >= 0.3 is 0 Å². The molecule has 2 aromatic rings. The molecule has 0 bridgehead atoms. The summed E-state index contributed by atoms with van der Waals surface area (Å²) in [4.78, 5) is 12.5. The summed E-state index contributed by atoms with van der Waals surface area (Å²) in [5.41, 5.74) is 1.30. The van der Waals surface area contributed by atoms with Gasteiger partial charge in [-0.15, -0.1) is 35.3 Å². The van der Waals surface area contributed by atoms with Crippen molar-refractivity contribution < 1.29 is 0 Å². The van der Waals surface area contributed by atoms with E-state index in [4.69, 9.17) is 0 Å². The van der Waals surface area contributed by atoms with E-state index in [2.05, 4.69) is 72.6 Å². The normalized spacial score (nSPS) is 16.9. The molecule has 3 rings (SSSR count). The van der Waals surface area contributed by atoms with Gasteiger partial charge in [-0.1, -0.05) is 15.9 Å². The molecule has 0 radical (unpaired) electrons. The zero-order valence-electron chi connectivity index (χ0n) is 15.7. The molecule has 0 aliphatic carbocycles. The molecule has 27 heavy (non-hydrogen) atoms. The second kappa shape index (κ2) is 11.2. The fourth-order valence-corrected chi connectivity index (χ4v) is 4.20. The number of aromatic nitrogens is 1. The van der Waals surface area contributed by atoms with Crippen molar-refractivity contribution in [3.8, 4) is 0 Å². The van der Waals surface area contributed by atoms with Gasteiger partial charge in [0, 0.05) is 60.9 Å². The van der Waals surface area contributed by atoms with Crippen LogP contribution in [0.4, 0.5) is 5.69 Å². The third kappa shape index (κ3) is 6.90. The molecule has 148 valence electrons. The molecule has 1 fully saturated rings. The Morgan fingerprint density at radius 2 is 2.11 bits per heavy atom. The van der Waals surface area contributed by atoms with Crippen LogP contribution in [0.3, 0.4) is 0 Å². The van der Waals surface area contributed by atoms with Gasteiger partial charge in [0.25, 0.3) is 0 Å². The Balaban J connectivity index is 0.00000261. The molecule has 1 saturated heterocycles. The van der Waals surface area contributed by atoms with Crippen molar-refractivity contribution in [2.75, 3.05) is 38.1 Å². The molecule has 1 aromatic heterocycles. The van der Waals surface area contributed by atoms with E-state index < -0.39 is 0 Å². The Kier molecular flexibility index (Phi) is 9.31. The third-order valence-corrected chi connectivity index (χ3v) is 6.06. The minimum Gasteiger partial charge on any atom is -0.371 e. The van der Waals surface area contributed by atoms with Crippen LogP contribution >= 0.6 is 51.2 Å². The minimum absolute atomic E-state index is 0. The van der Waals surface area contributed by atoms with Gasteiger partial charge in [-0.2, -0.15) is 0 Å². The quantitative estimate of drug-likeness (QED) is 0.316. The number of nitrogens with zero attached hydrogens (tertiary/aromatic N) is 3. The predicted octanol–water partition coefficient (Wildman–Crippen LogP) is 4.07. The highest BCUT2D eigenvalue weighted by molar-refractivity contribution is 14.0. The SMILES string of the molecule is CN=C(NCCc1ncc(C)s1)NCC1CCN(c2ccc(Br)cc2)C1.I. The largest absolute Gasteiger partial charge is 0.371 e. The number of rotatable bonds is 6. The van der Waals surface area contributed by atoms with Crippen LogP contribution in [0.2, 0.25) is 0 Å². The number of halogens is 2. The van der Waals surface area contributed by atoms with Crippen molar-refractivity contribution in [2.24, 2.45) is 10.9 Å². The van der Waals surface area contributed by atoms with Gasteiger partial charge < -0.3 is 15.5 Å². The van der Waals surface area contributed by atoms with Crippen molar-refractivity contribution in [3.63, 3.8) is 0 Å². The fourth-order valence-electron chi connectivity index (χ4n) is 3.15. The van der Waals surface area contributed by atoms with Gasteiger partial charge in [-0.25, -0.2) is 4.98 Å². The van der Waals surface area contributed by atoms with Crippen LogP contribution in [-0.4, -0.2) is 44.2 Å². The molecule has 1 unspecified atom stereocenters. The average Bonchev–Trinajstić information content (AvgIpc) is 3.28. The number of anilines is 1. The lowest BCUT2D eigenvalue weighted by molar-refractivity contribution is 0.566. The number of hydrogen-bond acceptors (Lipinski definition) is 4. The molecule has 1 aliphatic heterocycles. The van der Waals surface area contributed by atoms with E-state index >= 15 is 0 Å². The summed E-state index contributed by atoms with van der Waals surface area (Å²) in [5.74, 6) is 1.51. The number of aliphatic imine (C=N–C) groups is 1. The lowest BCUT2D eigenvalue weighted by Crippen LogP contribution is -2.41. The first-order valence-corrected chi connectivity index (χ1v) is 10.6. The van der Waals surface area contributed by atoms with Crippen molar-refractivity contribution in [3.05, 3.63) is 44.8 Å². The molecule has 0 spiro atoms. The summed E-state index contributed by atoms with van der Waals surface area (Å²) in [6, 6.07) is 8.58. The van der Waals surface area contributed by atoms with Gasteiger partial charge in [-0.3, -0.25) is 4.99 Å². The van der Waals surface area contributed by atoms with Crippen LogP contribution in [0.25, 0.3) is 0 Å². The lowest BCUT2D eigenvalue weighted by atomic mass is 10.1. The number of nitrogens with one attached hydrogen (secondary N) is 2. The molecule has 2 N–H and O–H groups in total. The Hall–Kier alpha value is -0.870. The molecule has 1 aromatic carbocycles. The van der Waals surface area contributed by atoms with E-state index in [1.54, 1.807) is 11.3 Å². The molecule has 1 aliphatic rings. The van der Waals surface area contributed by atoms with Crippen LogP contribution in [0.1, 0.15) is 16.3 Å². The maximum Gasteiger partial charge on any atom is 0.191 e. The van der Waals surface area contributed by atoms with Crippen molar-refractivity contribution in [1.82, 2.24) is 15.6 Å². The fraction of sp³-hybridized carbons (Fsp3) is 0.474. The maximum absolute atomic E-state index is 4.40. The van der Waals surface area contributed by atoms with Gasteiger partial charge in [0.2, 0.25) is 0 Å². The molecule has 2 heterocycles. The summed E-state index contributed by atoms with van der Waals surface area (Å²) >= 11 is 5.26. The zero-order valence-corrected chi connectivity index (χ0v) is 20.5. The van der Waals surface area contributed by atoms with Crippen LogP contribution in [0, 0.1) is 12.8 Å². The minimum atomic E-state index is 0. The van der Waals surface area contributed by atoms with Gasteiger partial charge in [0.15, 0.2) is 5.96 Å². The predicted molar refractivity (Wildman–Crippen MR) is 130 cm³/mol. The molecule has 0 saturated carbocycles. The smallest absolute Gasteiger partial charge is 0.191 e. The summed E-state index contributed by atoms with van der Waals surface area (Å²) < 4.78 is 1.13. The number of thiazole rings is 1. The first-order chi connectivity index (χ1) is 12.6. The molecular formula is C19H27BrIN5S. The van der Waals surface area contributed by atoms with E-state index in [1.807, 2.05) is 13.2 Å². The van der Waals surface area contributed by atoms with Crippen molar-refractivity contribution >= 4 is 62.9 Å². The van der Waals surface area contributed by atoms with Crippen LogP contribution in [-0.2, 0) is 6.42 Å². The summed E-state index contributed by atoms with van der Waals surface area (Å²) in [7, 11) is 1.83. The first-order valence-electron chi connectivity index (χ1n) is 9.00. The topological polar surface area (TPSA) is 52.6 Å². The molecule has 1 atom stereocenters. The maximum atomic E-state index is 4.40. The third-order valence-electron chi connectivity index (χ3n) is 4.56. The Morgan fingerprint density at radius 1 is 1.33 bits per heavy atom. The monoisotopic (exact) mass is 563 g/mol. The molecule has 8 heteroatoms. The van der Waals surface area contributed by atoms with E-state index in [-0.39, 0.29) is 24.0 Å². The number of benzene rings is 1. The second-order valence-corrected chi connectivity index (χ2v) is 8.81. The highest BCUT2D eigenvalue weighted by Gasteiger charge is 2.22. The number of guanidine groups is 1. The first kappa shape index (κ1) is 22.4. The van der Waals surface area contributed by atoms with Gasteiger partial charge in [-0.05, 0) is 43.5 Å². The molecule has 5 nitrogen and oxygen atoms in total. The van der Waals surface area contributed by atoms with Gasteiger partial charge in [0.05, 0.1) is 5.01 Å². The summed E-state index contributed by atoms with van der Waals surface area (Å²) in [6.45, 7) is 6.09. The standard InChI is InChI=1S/C19H26BrN5S.HI/c1-14-11-23-18(26-14)7-9-22-19(21-2)24-12-15-8-10-25(13-15)17-5-3-16(20)4-6-17;/h3-6,11,15H,7-10,12-13H2,1-2H3,(H2,21,22,24);1H. The average molecular weight is 564 g/mol. The Morgan fingerprint density at radius 3 is 2.78 bits per heavy atom. The second-order valence-electron chi connectivity index (χ2n) is 6.57. The van der Waals surface area contributed by atoms with Crippen LogP contribution < -0.4 is 15.5 Å². The van der Waals surface area contributed by atoms with E-state index in [9.17, 15) is 0 Å². The summed E-state index contributed by atoms with van der Waals surface area (Å²) in [6.07, 6.45) is 4.07.